The molecule has 0 N–H and O–H groups in total. The van der Waals surface area contributed by atoms with Crippen molar-refractivity contribution in [2.75, 3.05) is 19.1 Å². The van der Waals surface area contributed by atoms with Crippen molar-refractivity contribution in [2.24, 2.45) is 0 Å². The molecule has 1 amide bonds. The second-order valence-electron chi connectivity index (χ2n) is 4.92. The van der Waals surface area contributed by atoms with E-state index in [1.54, 1.807) is 19.1 Å². The monoisotopic (exact) mass is 283 g/mol. The van der Waals surface area contributed by atoms with Crippen molar-refractivity contribution in [3.8, 4) is 5.75 Å². The number of benzene rings is 2. The Hall–Kier alpha value is -2.33. The molecule has 1 heterocycles. The van der Waals surface area contributed by atoms with E-state index in [0.29, 0.717) is 0 Å². The highest BCUT2D eigenvalue weighted by molar-refractivity contribution is 6.05. The van der Waals surface area contributed by atoms with Crippen molar-refractivity contribution >= 4 is 11.6 Å². The number of amides is 1. The van der Waals surface area contributed by atoms with Crippen LogP contribution in [0.1, 0.15) is 11.6 Å². The van der Waals surface area contributed by atoms with Crippen LogP contribution in [0.15, 0.2) is 54.6 Å². The van der Waals surface area contributed by atoms with Crippen molar-refractivity contribution in [1.82, 2.24) is 0 Å². The molecular formula is C17H17NO3. The number of carbonyl (C=O) groups is 1. The van der Waals surface area contributed by atoms with E-state index in [1.165, 1.54) is 0 Å². The molecule has 2 aromatic rings. The predicted molar refractivity (Wildman–Crippen MR) is 80.5 cm³/mol. The molecule has 2 aromatic carbocycles. The molecule has 0 saturated carbocycles. The normalized spacial score (nSPS) is 21.0. The molecule has 0 radical (unpaired) electrons. The molecule has 0 unspecified atom stereocenters. The Morgan fingerprint density at radius 1 is 0.952 bits per heavy atom. The zero-order chi connectivity index (χ0) is 14.8. The van der Waals surface area contributed by atoms with Crippen LogP contribution in [0.3, 0.4) is 0 Å². The SMILES string of the molecule is COc1ccc(N2C(=O)[C@@H](OC)[C@H]2c2ccccc2)cc1. The lowest BCUT2D eigenvalue weighted by atomic mass is 9.90. The third kappa shape index (κ3) is 2.28. The molecule has 1 aliphatic heterocycles. The summed E-state index contributed by atoms with van der Waals surface area (Å²) in [7, 11) is 3.20. The number of β-lactam (4-membered cyclic amide) rings is 1. The number of anilines is 1. The van der Waals surface area contributed by atoms with E-state index in [9.17, 15) is 4.79 Å². The maximum absolute atomic E-state index is 12.3. The van der Waals surface area contributed by atoms with Gasteiger partial charge in [0.15, 0.2) is 6.10 Å². The van der Waals surface area contributed by atoms with Crippen LogP contribution in [0.25, 0.3) is 0 Å². The van der Waals surface area contributed by atoms with Crippen LogP contribution >= 0.6 is 0 Å². The number of rotatable bonds is 4. The van der Waals surface area contributed by atoms with Crippen molar-refractivity contribution in [2.45, 2.75) is 12.1 Å². The quantitative estimate of drug-likeness (QED) is 0.810. The van der Waals surface area contributed by atoms with Crippen LogP contribution in [-0.4, -0.2) is 26.2 Å². The number of ether oxygens (including phenoxy) is 2. The van der Waals surface area contributed by atoms with Crippen molar-refractivity contribution in [1.29, 1.82) is 0 Å². The standard InChI is InChI=1S/C17H17NO3/c1-20-14-10-8-13(9-11-14)18-15(16(21-2)17(18)19)12-6-4-3-5-7-12/h3-11,15-16H,1-2H3/t15-,16+/m1/s1. The fourth-order valence-corrected chi connectivity index (χ4v) is 2.70. The lowest BCUT2D eigenvalue weighted by Crippen LogP contribution is -2.59. The summed E-state index contributed by atoms with van der Waals surface area (Å²) in [6.07, 6.45) is -0.422. The van der Waals surface area contributed by atoms with Crippen LogP contribution in [-0.2, 0) is 9.53 Å². The highest BCUT2D eigenvalue weighted by atomic mass is 16.5. The summed E-state index contributed by atoms with van der Waals surface area (Å²) in [5.41, 5.74) is 1.92. The average molecular weight is 283 g/mol. The summed E-state index contributed by atoms with van der Waals surface area (Å²) in [6.45, 7) is 0. The van der Waals surface area contributed by atoms with Crippen LogP contribution in [0, 0.1) is 0 Å². The second-order valence-corrected chi connectivity index (χ2v) is 4.92. The Morgan fingerprint density at radius 3 is 2.19 bits per heavy atom. The molecule has 3 rings (SSSR count). The topological polar surface area (TPSA) is 38.8 Å². The second kappa shape index (κ2) is 5.58. The lowest BCUT2D eigenvalue weighted by Gasteiger charge is -2.46. The van der Waals surface area contributed by atoms with Crippen LogP contribution in [0.4, 0.5) is 5.69 Å². The number of hydrogen-bond acceptors (Lipinski definition) is 3. The minimum Gasteiger partial charge on any atom is -0.497 e. The van der Waals surface area contributed by atoms with Crippen molar-refractivity contribution in [3.63, 3.8) is 0 Å². The van der Waals surface area contributed by atoms with E-state index < -0.39 is 6.10 Å². The van der Waals surface area contributed by atoms with Gasteiger partial charge in [-0.05, 0) is 29.8 Å². The first-order valence-corrected chi connectivity index (χ1v) is 6.81. The number of nitrogens with zero attached hydrogens (tertiary/aromatic N) is 1. The molecule has 108 valence electrons. The Morgan fingerprint density at radius 2 is 1.62 bits per heavy atom. The third-order valence-electron chi connectivity index (χ3n) is 3.79. The van der Waals surface area contributed by atoms with Gasteiger partial charge in [0, 0.05) is 12.8 Å². The number of carbonyl (C=O) groups excluding carboxylic acids is 1. The van der Waals surface area contributed by atoms with Gasteiger partial charge in [-0.3, -0.25) is 9.69 Å². The average Bonchev–Trinajstić information content (AvgIpc) is 2.54. The van der Waals surface area contributed by atoms with Crippen LogP contribution in [0.2, 0.25) is 0 Å². The fraction of sp³-hybridized carbons (Fsp3) is 0.235. The molecule has 0 aromatic heterocycles. The van der Waals surface area contributed by atoms with Gasteiger partial charge >= 0.3 is 0 Å². The van der Waals surface area contributed by atoms with Crippen molar-refractivity contribution < 1.29 is 14.3 Å². The van der Waals surface area contributed by atoms with Gasteiger partial charge in [-0.25, -0.2) is 0 Å². The molecule has 0 bridgehead atoms. The molecule has 0 spiro atoms. The minimum absolute atomic E-state index is 0.0171. The Balaban J connectivity index is 1.94. The van der Waals surface area contributed by atoms with Crippen LogP contribution < -0.4 is 9.64 Å². The lowest BCUT2D eigenvalue weighted by molar-refractivity contribution is -0.139. The van der Waals surface area contributed by atoms with Gasteiger partial charge in [-0.1, -0.05) is 30.3 Å². The molecule has 1 saturated heterocycles. The summed E-state index contributed by atoms with van der Waals surface area (Å²) in [6, 6.07) is 17.3. The maximum Gasteiger partial charge on any atom is 0.259 e. The van der Waals surface area contributed by atoms with Gasteiger partial charge in [-0.15, -0.1) is 0 Å². The van der Waals surface area contributed by atoms with E-state index >= 15 is 0 Å². The Kier molecular flexibility index (Phi) is 3.62. The van der Waals surface area contributed by atoms with E-state index in [0.717, 1.165) is 17.0 Å². The summed E-state index contributed by atoms with van der Waals surface area (Å²) in [5.74, 6) is 0.753. The summed E-state index contributed by atoms with van der Waals surface area (Å²) in [4.78, 5) is 14.1. The molecule has 4 nitrogen and oxygen atoms in total. The minimum atomic E-state index is -0.422. The smallest absolute Gasteiger partial charge is 0.259 e. The first kappa shape index (κ1) is 13.6. The Bertz CT molecular complexity index is 624. The zero-order valence-corrected chi connectivity index (χ0v) is 12.0. The molecule has 0 aliphatic carbocycles. The van der Waals surface area contributed by atoms with Gasteiger partial charge in [0.05, 0.1) is 13.2 Å². The predicted octanol–water partition coefficient (Wildman–Crippen LogP) is 2.80. The van der Waals surface area contributed by atoms with Crippen LogP contribution in [0.5, 0.6) is 5.75 Å². The third-order valence-corrected chi connectivity index (χ3v) is 3.79. The molecule has 4 heteroatoms. The highest BCUT2D eigenvalue weighted by Gasteiger charge is 2.49. The maximum atomic E-state index is 12.3. The first-order chi connectivity index (χ1) is 10.3. The highest BCUT2D eigenvalue weighted by Crippen LogP contribution is 2.40. The molecule has 1 aliphatic rings. The summed E-state index contributed by atoms with van der Waals surface area (Å²) >= 11 is 0. The number of hydrogen-bond donors (Lipinski definition) is 0. The number of methoxy groups -OCH3 is 2. The summed E-state index contributed by atoms with van der Waals surface area (Å²) in [5, 5.41) is 0. The molecule has 1 fully saturated rings. The van der Waals surface area contributed by atoms with Gasteiger partial charge < -0.3 is 9.47 Å². The molecule has 21 heavy (non-hydrogen) atoms. The van der Waals surface area contributed by atoms with E-state index in [1.807, 2.05) is 54.6 Å². The van der Waals surface area contributed by atoms with Crippen molar-refractivity contribution in [3.05, 3.63) is 60.2 Å². The Labute approximate surface area is 123 Å². The van der Waals surface area contributed by atoms with Gasteiger partial charge in [0.25, 0.3) is 5.91 Å². The first-order valence-electron chi connectivity index (χ1n) is 6.81. The van der Waals surface area contributed by atoms with Gasteiger partial charge in [0.2, 0.25) is 0 Å². The van der Waals surface area contributed by atoms with E-state index in [-0.39, 0.29) is 11.9 Å². The largest absolute Gasteiger partial charge is 0.497 e. The van der Waals surface area contributed by atoms with Gasteiger partial charge in [0.1, 0.15) is 5.75 Å². The summed E-state index contributed by atoms with van der Waals surface area (Å²) < 4.78 is 10.5. The van der Waals surface area contributed by atoms with E-state index in [2.05, 4.69) is 0 Å². The molecular weight excluding hydrogens is 266 g/mol. The van der Waals surface area contributed by atoms with E-state index in [4.69, 9.17) is 9.47 Å². The zero-order valence-electron chi connectivity index (χ0n) is 12.0. The fourth-order valence-electron chi connectivity index (χ4n) is 2.70. The van der Waals surface area contributed by atoms with Gasteiger partial charge in [-0.2, -0.15) is 0 Å². The molecule has 2 atom stereocenters.